The third kappa shape index (κ3) is 8.47. The van der Waals surface area contributed by atoms with Crippen molar-refractivity contribution < 1.29 is 44.0 Å². The van der Waals surface area contributed by atoms with Crippen LogP contribution in [0.2, 0.25) is 0 Å². The molecule has 0 aliphatic carbocycles. The molecule has 0 radical (unpaired) electrons. The predicted octanol–water partition coefficient (Wildman–Crippen LogP) is 0.194. The van der Waals surface area contributed by atoms with Crippen molar-refractivity contribution >= 4 is 45.7 Å². The Bertz CT molecular complexity index is 2830. The van der Waals surface area contributed by atoms with Crippen molar-refractivity contribution in [1.82, 2.24) is 37.8 Å². The molecule has 61 heavy (non-hydrogen) atoms. The van der Waals surface area contributed by atoms with Crippen LogP contribution in [0.1, 0.15) is 73.3 Å². The van der Waals surface area contributed by atoms with E-state index in [2.05, 4.69) is 20.2 Å². The number of primary amides is 2. The molecule has 4 aromatic heterocycles. The molecule has 0 spiro atoms. The number of aliphatic hydroxyl groups is 3. The van der Waals surface area contributed by atoms with E-state index in [1.807, 2.05) is 13.8 Å². The molecular weight excluding hydrogens is 793 g/mol. The minimum atomic E-state index is -1.62. The van der Waals surface area contributed by atoms with Gasteiger partial charge in [-0.25, -0.2) is 0 Å². The number of aliphatic hydroxyl groups excluding tert-OH is 3. The molecule has 7 N–H and O–H groups in total. The van der Waals surface area contributed by atoms with Gasteiger partial charge in [-0.1, -0.05) is 0 Å². The highest BCUT2D eigenvalue weighted by atomic mass is 16.5. The Labute approximate surface area is 348 Å². The lowest BCUT2D eigenvalue weighted by molar-refractivity contribution is -0.000241. The fraction of sp³-hybridized carbons (Fsp3) is 0.400. The first kappa shape index (κ1) is 43.7. The summed E-state index contributed by atoms with van der Waals surface area (Å²) in [6.45, 7) is 7.03. The average Bonchev–Trinajstić information content (AvgIpc) is 3.95. The maximum atomic E-state index is 13.9. The van der Waals surface area contributed by atoms with Gasteiger partial charge in [0.25, 0.3) is 11.8 Å². The molecule has 6 aromatic rings. The maximum absolute atomic E-state index is 13.9. The molecule has 21 nitrogen and oxygen atoms in total. The van der Waals surface area contributed by atoms with Crippen LogP contribution in [0, 0.1) is 13.8 Å². The summed E-state index contributed by atoms with van der Waals surface area (Å²) in [5, 5.41) is 42.1. The number of imidazole rings is 2. The molecule has 2 unspecified atom stereocenters. The summed E-state index contributed by atoms with van der Waals surface area (Å²) in [6.07, 6.45) is -2.98. The number of amides is 4. The minimum Gasteiger partial charge on any atom is -0.494 e. The Morgan fingerprint density at radius 1 is 0.721 bits per heavy atom. The van der Waals surface area contributed by atoms with E-state index in [9.17, 15) is 34.5 Å². The number of hydrogen-bond acceptors (Lipinski definition) is 11. The van der Waals surface area contributed by atoms with Crippen LogP contribution in [0.15, 0.2) is 46.4 Å². The molecule has 0 saturated heterocycles. The van der Waals surface area contributed by atoms with Gasteiger partial charge < -0.3 is 54.5 Å². The summed E-state index contributed by atoms with van der Waals surface area (Å²) in [5.74, 6) is -2.47. The minimum absolute atomic E-state index is 0.0176. The highest BCUT2D eigenvalue weighted by Crippen LogP contribution is 2.30. The lowest BCUT2D eigenvalue weighted by Gasteiger charge is -2.21. The molecule has 2 aromatic carbocycles. The number of carbonyl (C=O) groups excluding carboxylic acids is 4. The molecule has 2 atom stereocenters. The zero-order chi connectivity index (χ0) is 44.4. The van der Waals surface area contributed by atoms with E-state index in [0.717, 1.165) is 0 Å². The molecule has 324 valence electrons. The quantitative estimate of drug-likeness (QED) is 0.0821. The predicted molar refractivity (Wildman–Crippen MR) is 220 cm³/mol. The van der Waals surface area contributed by atoms with E-state index < -0.39 is 42.4 Å². The lowest BCUT2D eigenvalue weighted by Crippen LogP contribution is -2.40. The zero-order valence-corrected chi connectivity index (χ0v) is 35.0. The summed E-state index contributed by atoms with van der Waals surface area (Å²) >= 11 is 0. The van der Waals surface area contributed by atoms with Gasteiger partial charge in [-0.3, -0.25) is 28.5 Å². The number of methoxy groups -OCH3 is 1. The van der Waals surface area contributed by atoms with Crippen LogP contribution >= 0.6 is 0 Å². The number of aromatic nitrogens is 8. The van der Waals surface area contributed by atoms with Gasteiger partial charge in [-0.2, -0.15) is 20.2 Å². The Kier molecular flexibility index (Phi) is 12.8. The molecule has 0 aliphatic heterocycles. The zero-order valence-electron chi connectivity index (χ0n) is 35.0. The second-order valence-electron chi connectivity index (χ2n) is 14.4. The molecule has 4 heterocycles. The van der Waals surface area contributed by atoms with E-state index >= 15 is 0 Å². The van der Waals surface area contributed by atoms with Gasteiger partial charge in [0.05, 0.1) is 61.4 Å². The number of carbonyl (C=O) groups is 4. The Hall–Kier alpha value is -6.84. The summed E-state index contributed by atoms with van der Waals surface area (Å²) in [6, 6.07) is 9.04. The van der Waals surface area contributed by atoms with Crippen LogP contribution in [-0.4, -0.2) is 109 Å². The average molecular weight is 843 g/mol. The number of nitrogens with zero attached hydrogens (tertiary/aromatic N) is 10. The Morgan fingerprint density at radius 2 is 1.15 bits per heavy atom. The van der Waals surface area contributed by atoms with Crippen LogP contribution in [0.25, 0.3) is 22.1 Å². The van der Waals surface area contributed by atoms with E-state index in [1.165, 1.54) is 59.0 Å². The topological polar surface area (TPSA) is 280 Å². The molecule has 0 aliphatic rings. The van der Waals surface area contributed by atoms with Crippen LogP contribution in [0.4, 0.5) is 0 Å². The largest absolute Gasteiger partial charge is 0.494 e. The third-order valence-corrected chi connectivity index (χ3v) is 10.2. The number of benzene rings is 2. The highest BCUT2D eigenvalue weighted by molar-refractivity contribution is 6.00. The smallest absolute Gasteiger partial charge is 0.298 e. The third-order valence-electron chi connectivity index (χ3n) is 10.2. The summed E-state index contributed by atoms with van der Waals surface area (Å²) < 4.78 is 20.8. The number of hydrogen-bond donors (Lipinski definition) is 5. The number of ether oxygens (including phenoxy) is 2. The standard InChI is InChI=1S/C40H50N12O9/c1-8-51-27(13-21(3)45-51)37(58)43-39-47(5)25-15-23(35(41)56)17-31(60-7)33(25)49(39)19-29(54)30(55)20-50-34-26(16-24(36(42)57)18-32(34)61-12-10-11-53)48(6)40(50)44-38(59)28-14-22(4)46-52(28)9-2/h13-18,29-30,53-55H,8-12,19-20H2,1-7H3,(H2,41,56)(H2,42,57)/b43-39+,44-40+. The molecule has 4 amide bonds. The highest BCUT2D eigenvalue weighted by Gasteiger charge is 2.27. The van der Waals surface area contributed by atoms with Crippen LogP contribution in [0.5, 0.6) is 11.5 Å². The van der Waals surface area contributed by atoms with E-state index in [1.54, 1.807) is 40.1 Å². The second kappa shape index (κ2) is 17.8. The van der Waals surface area contributed by atoms with Crippen molar-refractivity contribution in [2.75, 3.05) is 20.3 Å². The van der Waals surface area contributed by atoms with Gasteiger partial charge >= 0.3 is 0 Å². The first-order chi connectivity index (χ1) is 29.0. The maximum Gasteiger partial charge on any atom is 0.298 e. The number of fused-ring (bicyclic) bond motifs is 2. The van der Waals surface area contributed by atoms with Gasteiger partial charge in [0.1, 0.15) is 33.9 Å². The van der Waals surface area contributed by atoms with Gasteiger partial charge in [-0.15, -0.1) is 0 Å². The second-order valence-corrected chi connectivity index (χ2v) is 14.4. The molecule has 0 fully saturated rings. The van der Waals surface area contributed by atoms with Gasteiger partial charge in [0.2, 0.25) is 23.1 Å². The monoisotopic (exact) mass is 842 g/mol. The van der Waals surface area contributed by atoms with Crippen molar-refractivity contribution in [2.24, 2.45) is 35.5 Å². The van der Waals surface area contributed by atoms with Crippen molar-refractivity contribution in [2.45, 2.75) is 72.5 Å². The van der Waals surface area contributed by atoms with Crippen LogP contribution in [0.3, 0.4) is 0 Å². The van der Waals surface area contributed by atoms with Crippen molar-refractivity contribution in [1.29, 1.82) is 0 Å². The molecule has 21 heteroatoms. The Balaban J connectivity index is 1.53. The van der Waals surface area contributed by atoms with Crippen molar-refractivity contribution in [3.8, 4) is 11.5 Å². The molecule has 0 bridgehead atoms. The van der Waals surface area contributed by atoms with Crippen molar-refractivity contribution in [3.05, 3.63) is 81.5 Å². The summed E-state index contributed by atoms with van der Waals surface area (Å²) in [7, 11) is 4.60. The van der Waals surface area contributed by atoms with Crippen LogP contribution in [-0.2, 0) is 40.3 Å². The Morgan fingerprint density at radius 3 is 1.54 bits per heavy atom. The van der Waals surface area contributed by atoms with E-state index in [0.29, 0.717) is 46.5 Å². The molecular formula is C40H50N12O9. The van der Waals surface area contributed by atoms with Crippen LogP contribution < -0.4 is 32.2 Å². The molecule has 6 rings (SSSR count). The molecule has 0 saturated carbocycles. The van der Waals surface area contributed by atoms with Gasteiger partial charge in [-0.05, 0) is 64.1 Å². The lowest BCUT2D eigenvalue weighted by atomic mass is 10.1. The summed E-state index contributed by atoms with van der Waals surface area (Å²) in [4.78, 5) is 61.4. The fourth-order valence-electron chi connectivity index (χ4n) is 7.26. The SMILES string of the molecule is CCn1nc(C)cc1C(=O)/N=c1\n(C)c2cc(C(N)=O)cc(OC)c2n1CC(O)C(O)Cn1/c(=N/C(=O)c2cc(C)nn2CC)n(C)c2cc(C(N)=O)cc(OCCCO)c21. The number of rotatable bonds is 16. The van der Waals surface area contributed by atoms with E-state index in [-0.39, 0.29) is 71.4 Å². The number of aryl methyl sites for hydroxylation is 6. The number of nitrogens with two attached hydrogens (primary N) is 2. The van der Waals surface area contributed by atoms with Gasteiger partial charge in [0, 0.05) is 51.3 Å². The van der Waals surface area contributed by atoms with Gasteiger partial charge in [0.15, 0.2) is 0 Å². The first-order valence-electron chi connectivity index (χ1n) is 19.5. The van der Waals surface area contributed by atoms with Crippen molar-refractivity contribution in [3.63, 3.8) is 0 Å². The summed E-state index contributed by atoms with van der Waals surface area (Å²) in [5.41, 5.74) is 14.6. The first-order valence-corrected chi connectivity index (χ1v) is 19.5. The van der Waals surface area contributed by atoms with E-state index in [4.69, 9.17) is 20.9 Å². The normalized spacial score (nSPS) is 13.3. The fourth-order valence-corrected chi connectivity index (χ4v) is 7.26.